The summed E-state index contributed by atoms with van der Waals surface area (Å²) in [4.78, 5) is 0. The van der Waals surface area contributed by atoms with Crippen molar-refractivity contribution < 1.29 is 13.5 Å². The van der Waals surface area contributed by atoms with E-state index in [0.29, 0.717) is 0 Å². The molecule has 2 atom stereocenters. The molecule has 1 aliphatic heterocycles. The maximum absolute atomic E-state index is 12.0. The minimum atomic E-state index is -2.76. The van der Waals surface area contributed by atoms with E-state index in [1.165, 1.54) is 17.9 Å². The lowest BCUT2D eigenvalue weighted by molar-refractivity contribution is -0.0498. The van der Waals surface area contributed by atoms with E-state index in [9.17, 15) is 8.78 Å². The van der Waals surface area contributed by atoms with Crippen LogP contribution in [0.25, 0.3) is 0 Å². The number of hydrogen-bond donors (Lipinski definition) is 1. The fraction of sp³-hybridized carbons (Fsp3) is 0.571. The largest absolute Gasteiger partial charge is 0.435 e. The van der Waals surface area contributed by atoms with Gasteiger partial charge in [-0.2, -0.15) is 20.5 Å². The Bertz CT molecular complexity index is 380. The summed E-state index contributed by atoms with van der Waals surface area (Å²) in [5.41, 5.74) is 1.09. The first-order valence-electron chi connectivity index (χ1n) is 6.51. The van der Waals surface area contributed by atoms with Crippen LogP contribution in [0.15, 0.2) is 24.3 Å². The molecule has 106 valence electrons. The highest BCUT2D eigenvalue weighted by atomic mass is 32.2. The van der Waals surface area contributed by atoms with Crippen molar-refractivity contribution in [2.24, 2.45) is 5.92 Å². The highest BCUT2D eigenvalue weighted by Crippen LogP contribution is 2.24. The molecule has 1 heterocycles. The van der Waals surface area contributed by atoms with Gasteiger partial charge in [0.15, 0.2) is 0 Å². The van der Waals surface area contributed by atoms with Crippen molar-refractivity contribution in [3.8, 4) is 5.75 Å². The third-order valence-electron chi connectivity index (χ3n) is 3.34. The minimum Gasteiger partial charge on any atom is -0.435 e. The second-order valence-electron chi connectivity index (χ2n) is 4.81. The summed E-state index contributed by atoms with van der Waals surface area (Å²) in [5, 5.41) is 3.50. The zero-order valence-corrected chi connectivity index (χ0v) is 11.8. The van der Waals surface area contributed by atoms with Gasteiger partial charge in [-0.1, -0.05) is 12.1 Å². The molecule has 1 N–H and O–H groups in total. The summed E-state index contributed by atoms with van der Waals surface area (Å²) < 4.78 is 28.4. The number of rotatable bonds is 6. The van der Waals surface area contributed by atoms with Gasteiger partial charge < -0.3 is 10.1 Å². The molecule has 1 fully saturated rings. The van der Waals surface area contributed by atoms with Crippen LogP contribution in [0.5, 0.6) is 5.75 Å². The molecule has 1 aromatic rings. The maximum atomic E-state index is 12.0. The van der Waals surface area contributed by atoms with Crippen LogP contribution in [0, 0.1) is 5.92 Å². The lowest BCUT2D eigenvalue weighted by atomic mass is 10.1. The van der Waals surface area contributed by atoms with E-state index in [1.54, 1.807) is 12.1 Å². The van der Waals surface area contributed by atoms with Gasteiger partial charge in [0.2, 0.25) is 0 Å². The van der Waals surface area contributed by atoms with Crippen LogP contribution in [0.1, 0.15) is 24.9 Å². The second-order valence-corrected chi connectivity index (χ2v) is 5.96. The quantitative estimate of drug-likeness (QED) is 0.862. The summed E-state index contributed by atoms with van der Waals surface area (Å²) in [6.45, 7) is 0.343. The van der Waals surface area contributed by atoms with Gasteiger partial charge in [0.25, 0.3) is 0 Å². The predicted molar refractivity (Wildman–Crippen MR) is 74.9 cm³/mol. The summed E-state index contributed by atoms with van der Waals surface area (Å²) in [5.74, 6) is 3.47. The zero-order valence-electron chi connectivity index (χ0n) is 10.9. The molecule has 0 aliphatic carbocycles. The van der Waals surface area contributed by atoms with Gasteiger partial charge in [-0.15, -0.1) is 0 Å². The lowest BCUT2D eigenvalue weighted by Gasteiger charge is -2.17. The molecule has 2 nitrogen and oxygen atoms in total. The normalized spacial score (nSPS) is 20.7. The maximum Gasteiger partial charge on any atom is 0.387 e. The van der Waals surface area contributed by atoms with Crippen molar-refractivity contribution >= 4 is 11.8 Å². The molecule has 0 spiro atoms. The summed E-state index contributed by atoms with van der Waals surface area (Å²) in [7, 11) is 0. The number of alkyl halides is 2. The molecular formula is C14H19F2NOS. The van der Waals surface area contributed by atoms with Gasteiger partial charge in [0, 0.05) is 6.04 Å². The Balaban J connectivity index is 1.82. The molecule has 1 aromatic carbocycles. The Hall–Kier alpha value is -0.810. The predicted octanol–water partition coefficient (Wildman–Crippen LogP) is 3.69. The monoisotopic (exact) mass is 287 g/mol. The van der Waals surface area contributed by atoms with E-state index in [1.807, 2.05) is 23.9 Å². The van der Waals surface area contributed by atoms with E-state index < -0.39 is 6.61 Å². The zero-order chi connectivity index (χ0) is 13.7. The van der Waals surface area contributed by atoms with Crippen LogP contribution in [0.2, 0.25) is 0 Å². The molecule has 0 amide bonds. The molecular weight excluding hydrogens is 268 g/mol. The molecule has 0 bridgehead atoms. The van der Waals surface area contributed by atoms with Crippen molar-refractivity contribution in [3.63, 3.8) is 0 Å². The van der Waals surface area contributed by atoms with Crippen molar-refractivity contribution in [1.29, 1.82) is 0 Å². The van der Waals surface area contributed by atoms with Crippen LogP contribution in [-0.2, 0) is 0 Å². The van der Waals surface area contributed by atoms with Gasteiger partial charge in [-0.05, 0) is 55.0 Å². The molecule has 1 aliphatic rings. The highest BCUT2D eigenvalue weighted by molar-refractivity contribution is 7.99. The molecule has 5 heteroatoms. The molecule has 2 unspecified atom stereocenters. The molecule has 0 aromatic heterocycles. The minimum absolute atomic E-state index is 0.207. The Kier molecular flexibility index (Phi) is 5.45. The third-order valence-corrected chi connectivity index (χ3v) is 4.57. The number of ether oxygens (including phenoxy) is 1. The first-order chi connectivity index (χ1) is 9.15. The smallest absolute Gasteiger partial charge is 0.387 e. The Labute approximate surface area is 116 Å². The van der Waals surface area contributed by atoms with Crippen LogP contribution >= 0.6 is 11.8 Å². The Morgan fingerprint density at radius 3 is 2.68 bits per heavy atom. The van der Waals surface area contributed by atoms with E-state index in [-0.39, 0.29) is 11.8 Å². The fourth-order valence-electron chi connectivity index (χ4n) is 2.14. The van der Waals surface area contributed by atoms with Crippen molar-refractivity contribution in [2.45, 2.75) is 26.0 Å². The van der Waals surface area contributed by atoms with Gasteiger partial charge in [-0.25, -0.2) is 0 Å². The van der Waals surface area contributed by atoms with E-state index in [2.05, 4.69) is 17.0 Å². The third kappa shape index (κ3) is 4.66. The number of hydrogen-bond acceptors (Lipinski definition) is 3. The summed E-state index contributed by atoms with van der Waals surface area (Å²) in [6.07, 6.45) is 1.28. The Morgan fingerprint density at radius 1 is 1.37 bits per heavy atom. The molecule has 2 rings (SSSR count). The van der Waals surface area contributed by atoms with Gasteiger partial charge in [-0.3, -0.25) is 0 Å². The first-order valence-corrected chi connectivity index (χ1v) is 7.66. The molecule has 0 saturated carbocycles. The van der Waals surface area contributed by atoms with Gasteiger partial charge in [0.05, 0.1) is 0 Å². The van der Waals surface area contributed by atoms with E-state index >= 15 is 0 Å². The van der Waals surface area contributed by atoms with Crippen LogP contribution < -0.4 is 10.1 Å². The van der Waals surface area contributed by atoms with Gasteiger partial charge in [0.1, 0.15) is 5.75 Å². The molecule has 0 radical (unpaired) electrons. The summed E-state index contributed by atoms with van der Waals surface area (Å²) in [6, 6.07) is 7.07. The topological polar surface area (TPSA) is 21.3 Å². The van der Waals surface area contributed by atoms with Crippen LogP contribution in [-0.4, -0.2) is 24.7 Å². The fourth-order valence-corrected chi connectivity index (χ4v) is 3.43. The average Bonchev–Trinajstić information content (AvgIpc) is 2.89. The standard InChI is InChI=1S/C14H19F2NOS/c1-10(17-8-11-6-7-19-9-11)12-2-4-13(5-3-12)18-14(15)16/h2-5,10-11,14,17H,6-9H2,1H3. The molecule has 1 saturated heterocycles. The van der Waals surface area contributed by atoms with Crippen molar-refractivity contribution in [1.82, 2.24) is 5.32 Å². The number of nitrogens with one attached hydrogen (secondary N) is 1. The number of halogens is 2. The number of thioether (sulfide) groups is 1. The van der Waals surface area contributed by atoms with Gasteiger partial charge >= 0.3 is 6.61 Å². The second kappa shape index (κ2) is 7.10. The van der Waals surface area contributed by atoms with E-state index in [0.717, 1.165) is 18.0 Å². The summed E-state index contributed by atoms with van der Waals surface area (Å²) >= 11 is 2.01. The highest BCUT2D eigenvalue weighted by Gasteiger charge is 2.16. The van der Waals surface area contributed by atoms with Crippen LogP contribution in [0.4, 0.5) is 8.78 Å². The lowest BCUT2D eigenvalue weighted by Crippen LogP contribution is -2.25. The molecule has 19 heavy (non-hydrogen) atoms. The van der Waals surface area contributed by atoms with Crippen LogP contribution in [0.3, 0.4) is 0 Å². The Morgan fingerprint density at radius 2 is 2.11 bits per heavy atom. The van der Waals surface area contributed by atoms with Crippen molar-refractivity contribution in [2.75, 3.05) is 18.1 Å². The SMILES string of the molecule is CC(NCC1CCSC1)c1ccc(OC(F)F)cc1. The first kappa shape index (κ1) is 14.6. The average molecular weight is 287 g/mol. The number of benzene rings is 1. The van der Waals surface area contributed by atoms with Crippen molar-refractivity contribution in [3.05, 3.63) is 29.8 Å². The van der Waals surface area contributed by atoms with E-state index in [4.69, 9.17) is 0 Å².